The number of nitrogens with two attached hydrogens (primary N) is 1. The highest BCUT2D eigenvalue weighted by molar-refractivity contribution is 5.98. The molecule has 1 fully saturated rings. The van der Waals surface area contributed by atoms with Gasteiger partial charge in [-0.05, 0) is 18.2 Å². The number of benzene rings is 1. The Morgan fingerprint density at radius 3 is 2.65 bits per heavy atom. The molecule has 0 spiro atoms. The van der Waals surface area contributed by atoms with Gasteiger partial charge in [-0.2, -0.15) is 13.2 Å². The Morgan fingerprint density at radius 1 is 1.27 bits per heavy atom. The van der Waals surface area contributed by atoms with E-state index in [1.807, 2.05) is 0 Å². The third kappa shape index (κ3) is 3.71. The second-order valence-electron chi connectivity index (χ2n) is 5.86. The lowest BCUT2D eigenvalue weighted by atomic mass is 10.1. The fraction of sp³-hybridized carbons (Fsp3) is 0.294. The number of pyridine rings is 1. The van der Waals surface area contributed by atoms with E-state index in [0.717, 1.165) is 12.1 Å². The second-order valence-corrected chi connectivity index (χ2v) is 5.86. The van der Waals surface area contributed by atoms with Gasteiger partial charge in [-0.1, -0.05) is 6.07 Å². The van der Waals surface area contributed by atoms with Crippen LogP contribution in [0.2, 0.25) is 0 Å². The van der Waals surface area contributed by atoms with Gasteiger partial charge in [-0.25, -0.2) is 9.37 Å². The van der Waals surface area contributed by atoms with Crippen LogP contribution in [0.25, 0.3) is 0 Å². The van der Waals surface area contributed by atoms with Crippen molar-refractivity contribution >= 4 is 11.6 Å². The first-order valence-electron chi connectivity index (χ1n) is 7.79. The average molecular weight is 369 g/mol. The number of alkyl halides is 3. The molecule has 9 heteroatoms. The van der Waals surface area contributed by atoms with Crippen molar-refractivity contribution in [1.82, 2.24) is 4.98 Å². The zero-order valence-corrected chi connectivity index (χ0v) is 13.5. The summed E-state index contributed by atoms with van der Waals surface area (Å²) in [6.45, 7) is 0.663. The van der Waals surface area contributed by atoms with Gasteiger partial charge in [0.1, 0.15) is 11.9 Å². The van der Waals surface area contributed by atoms with Crippen molar-refractivity contribution in [3.05, 3.63) is 53.5 Å². The van der Waals surface area contributed by atoms with E-state index in [-0.39, 0.29) is 23.7 Å². The first kappa shape index (κ1) is 18.0. The molecule has 1 aromatic carbocycles. The minimum Gasteiger partial charge on any atom is -0.472 e. The van der Waals surface area contributed by atoms with Crippen molar-refractivity contribution in [2.45, 2.75) is 18.7 Å². The number of nitrogens with zero attached hydrogens (tertiary/aromatic N) is 2. The van der Waals surface area contributed by atoms with E-state index < -0.39 is 29.6 Å². The number of rotatable bonds is 4. The molecule has 0 saturated carbocycles. The van der Waals surface area contributed by atoms with Crippen LogP contribution in [0.1, 0.15) is 22.3 Å². The third-order valence-corrected chi connectivity index (χ3v) is 4.06. The summed E-state index contributed by atoms with van der Waals surface area (Å²) in [7, 11) is 0. The van der Waals surface area contributed by atoms with E-state index in [0.29, 0.717) is 19.2 Å². The first-order chi connectivity index (χ1) is 12.3. The fourth-order valence-corrected chi connectivity index (χ4v) is 2.85. The van der Waals surface area contributed by atoms with Gasteiger partial charge >= 0.3 is 6.18 Å². The van der Waals surface area contributed by atoms with E-state index in [1.165, 1.54) is 18.2 Å². The molecule has 3 rings (SSSR count). The lowest BCUT2D eigenvalue weighted by Gasteiger charge is -2.21. The zero-order valence-electron chi connectivity index (χ0n) is 13.5. The maximum Gasteiger partial charge on any atom is 0.417 e. The van der Waals surface area contributed by atoms with Crippen molar-refractivity contribution in [2.24, 2.45) is 5.73 Å². The number of primary amides is 1. The summed E-state index contributed by atoms with van der Waals surface area (Å²) in [4.78, 5) is 16.8. The van der Waals surface area contributed by atoms with Crippen LogP contribution in [0.15, 0.2) is 36.5 Å². The number of hydrogen-bond acceptors (Lipinski definition) is 4. The highest BCUT2D eigenvalue weighted by Crippen LogP contribution is 2.31. The van der Waals surface area contributed by atoms with Crippen LogP contribution in [0, 0.1) is 5.82 Å². The Labute approximate surface area is 146 Å². The summed E-state index contributed by atoms with van der Waals surface area (Å²) in [6.07, 6.45) is -3.68. The van der Waals surface area contributed by atoms with E-state index >= 15 is 0 Å². The Kier molecular flexibility index (Phi) is 4.71. The number of amides is 1. The predicted octanol–water partition coefficient (Wildman–Crippen LogP) is 3.00. The SMILES string of the molecule is NC(=O)c1cccc(F)c1N1CC[C@H](Oc2ccc(C(F)(F)F)cn2)C1. The van der Waals surface area contributed by atoms with Crippen molar-refractivity contribution in [1.29, 1.82) is 0 Å². The molecule has 2 N–H and O–H groups in total. The largest absolute Gasteiger partial charge is 0.472 e. The number of halogens is 4. The molecular weight excluding hydrogens is 354 g/mol. The third-order valence-electron chi connectivity index (χ3n) is 4.06. The lowest BCUT2D eigenvalue weighted by Crippen LogP contribution is -2.28. The monoisotopic (exact) mass is 369 g/mol. The molecule has 26 heavy (non-hydrogen) atoms. The summed E-state index contributed by atoms with van der Waals surface area (Å²) in [5, 5.41) is 0. The maximum atomic E-state index is 14.2. The molecule has 1 atom stereocenters. The molecule has 2 aromatic rings. The number of aromatic nitrogens is 1. The molecule has 1 aromatic heterocycles. The number of carbonyl (C=O) groups is 1. The summed E-state index contributed by atoms with van der Waals surface area (Å²) >= 11 is 0. The Morgan fingerprint density at radius 2 is 2.04 bits per heavy atom. The van der Waals surface area contributed by atoms with Crippen LogP contribution in [0.4, 0.5) is 23.2 Å². The van der Waals surface area contributed by atoms with Crippen molar-refractivity contribution in [3.63, 3.8) is 0 Å². The molecule has 1 amide bonds. The van der Waals surface area contributed by atoms with E-state index in [2.05, 4.69) is 4.98 Å². The standard InChI is InChI=1S/C17H15F4N3O2/c18-13-3-1-2-12(16(22)25)15(13)24-7-6-11(9-24)26-14-5-4-10(8-23-14)17(19,20)21/h1-5,8,11H,6-7,9H2,(H2,22,25)/t11-/m0/s1. The highest BCUT2D eigenvalue weighted by Gasteiger charge is 2.32. The van der Waals surface area contributed by atoms with Crippen LogP contribution < -0.4 is 15.4 Å². The number of anilines is 1. The normalized spacial score (nSPS) is 17.4. The van der Waals surface area contributed by atoms with Crippen molar-refractivity contribution in [3.8, 4) is 5.88 Å². The number of hydrogen-bond donors (Lipinski definition) is 1. The fourth-order valence-electron chi connectivity index (χ4n) is 2.85. The van der Waals surface area contributed by atoms with Gasteiger partial charge < -0.3 is 15.4 Å². The molecule has 0 radical (unpaired) electrons. The van der Waals surface area contributed by atoms with Crippen LogP contribution in [-0.2, 0) is 6.18 Å². The molecule has 1 saturated heterocycles. The lowest BCUT2D eigenvalue weighted by molar-refractivity contribution is -0.137. The smallest absolute Gasteiger partial charge is 0.417 e. The van der Waals surface area contributed by atoms with Gasteiger partial charge in [0, 0.05) is 25.2 Å². The number of carbonyl (C=O) groups excluding carboxylic acids is 1. The molecule has 0 unspecified atom stereocenters. The van der Waals surface area contributed by atoms with Crippen LogP contribution >= 0.6 is 0 Å². The minimum absolute atomic E-state index is 0.0495. The molecule has 1 aliphatic heterocycles. The molecular formula is C17H15F4N3O2. The van der Waals surface area contributed by atoms with Crippen LogP contribution in [-0.4, -0.2) is 30.1 Å². The predicted molar refractivity (Wildman–Crippen MR) is 85.4 cm³/mol. The number of para-hydroxylation sites is 1. The quantitative estimate of drug-likeness (QED) is 0.842. The van der Waals surface area contributed by atoms with E-state index in [9.17, 15) is 22.4 Å². The molecule has 1 aliphatic rings. The Hall–Kier alpha value is -2.84. The van der Waals surface area contributed by atoms with Gasteiger partial charge in [0.2, 0.25) is 5.88 Å². The zero-order chi connectivity index (χ0) is 18.9. The van der Waals surface area contributed by atoms with Gasteiger partial charge in [0.05, 0.1) is 23.4 Å². The van der Waals surface area contributed by atoms with E-state index in [1.54, 1.807) is 4.90 Å². The van der Waals surface area contributed by atoms with E-state index in [4.69, 9.17) is 10.5 Å². The highest BCUT2D eigenvalue weighted by atomic mass is 19.4. The summed E-state index contributed by atoms with van der Waals surface area (Å²) in [5.74, 6) is -1.27. The van der Waals surface area contributed by atoms with Gasteiger partial charge in [0.15, 0.2) is 0 Å². The van der Waals surface area contributed by atoms with Crippen molar-refractivity contribution in [2.75, 3.05) is 18.0 Å². The Balaban J connectivity index is 1.71. The first-order valence-corrected chi connectivity index (χ1v) is 7.79. The van der Waals surface area contributed by atoms with Gasteiger partial charge in [-0.15, -0.1) is 0 Å². The molecule has 5 nitrogen and oxygen atoms in total. The summed E-state index contributed by atoms with van der Waals surface area (Å²) < 4.78 is 57.4. The second kappa shape index (κ2) is 6.81. The van der Waals surface area contributed by atoms with Gasteiger partial charge in [-0.3, -0.25) is 4.79 Å². The molecule has 2 heterocycles. The maximum absolute atomic E-state index is 14.2. The van der Waals surface area contributed by atoms with Gasteiger partial charge in [0.25, 0.3) is 5.91 Å². The average Bonchev–Trinajstić information content (AvgIpc) is 3.02. The van der Waals surface area contributed by atoms with Crippen molar-refractivity contribution < 1.29 is 27.1 Å². The minimum atomic E-state index is -4.47. The summed E-state index contributed by atoms with van der Waals surface area (Å²) in [5.41, 5.74) is 4.60. The summed E-state index contributed by atoms with van der Waals surface area (Å²) in [6, 6.07) is 6.09. The molecule has 0 aliphatic carbocycles. The number of ether oxygens (including phenoxy) is 1. The Bertz CT molecular complexity index is 809. The molecule has 138 valence electrons. The topological polar surface area (TPSA) is 68.5 Å². The van der Waals surface area contributed by atoms with Crippen LogP contribution in [0.3, 0.4) is 0 Å². The molecule has 0 bridgehead atoms. The van der Waals surface area contributed by atoms with Crippen LogP contribution in [0.5, 0.6) is 5.88 Å².